The average molecular weight is 604 g/mol. The van der Waals surface area contributed by atoms with E-state index in [4.69, 9.17) is 9.47 Å². The van der Waals surface area contributed by atoms with Gasteiger partial charge in [0, 0.05) is 23.4 Å². The Morgan fingerprint density at radius 1 is 1.00 bits per heavy atom. The molecule has 1 amide bonds. The topological polar surface area (TPSA) is 138 Å². The summed E-state index contributed by atoms with van der Waals surface area (Å²) in [7, 11) is 3.04. The van der Waals surface area contributed by atoms with Crippen LogP contribution in [0.2, 0.25) is 0 Å². The standard InChI is InChI=1S/C30H27F2N7O5/c1-43-26-4-3-5-27(44-2)23(26)11-13-28(40)36-21-7-9-22(10-8-21)38-19-35-39(29(38)41)16-30(42,15-37-18-33-17-34-37)24-12-6-20(31)14-25(24)32/h3-14,17-19,42H,15-16H2,1-2H3,(H,36,40)/b13-11+. The van der Waals surface area contributed by atoms with Crippen LogP contribution in [0.3, 0.4) is 0 Å². The molecule has 0 bridgehead atoms. The van der Waals surface area contributed by atoms with E-state index in [1.807, 2.05) is 0 Å². The van der Waals surface area contributed by atoms with E-state index >= 15 is 0 Å². The number of nitrogens with one attached hydrogen (secondary N) is 1. The molecule has 5 rings (SSSR count). The summed E-state index contributed by atoms with van der Waals surface area (Å²) >= 11 is 0. The molecule has 1 unspecified atom stereocenters. The summed E-state index contributed by atoms with van der Waals surface area (Å²) in [6.45, 7) is -0.764. The lowest BCUT2D eigenvalue weighted by atomic mass is 9.93. The Balaban J connectivity index is 1.33. The first-order valence-electron chi connectivity index (χ1n) is 13.2. The highest BCUT2D eigenvalue weighted by Crippen LogP contribution is 2.30. The molecule has 0 saturated carbocycles. The van der Waals surface area contributed by atoms with Gasteiger partial charge in [-0.25, -0.2) is 32.5 Å². The molecule has 1 atom stereocenters. The van der Waals surface area contributed by atoms with E-state index in [-0.39, 0.29) is 12.1 Å². The van der Waals surface area contributed by atoms with Gasteiger partial charge in [-0.05, 0) is 48.5 Å². The third kappa shape index (κ3) is 6.39. The number of aliphatic hydroxyl groups is 1. The van der Waals surface area contributed by atoms with Crippen LogP contribution < -0.4 is 20.5 Å². The first-order valence-corrected chi connectivity index (χ1v) is 13.2. The van der Waals surface area contributed by atoms with Crippen LogP contribution in [0.4, 0.5) is 14.5 Å². The normalized spacial score (nSPS) is 12.7. The minimum absolute atomic E-state index is 0.242. The Kier molecular flexibility index (Phi) is 8.62. The quantitative estimate of drug-likeness (QED) is 0.220. The van der Waals surface area contributed by atoms with E-state index in [2.05, 4.69) is 20.5 Å². The second kappa shape index (κ2) is 12.7. The third-order valence-corrected chi connectivity index (χ3v) is 6.75. The maximum Gasteiger partial charge on any atom is 0.350 e. The number of hydrogen-bond donors (Lipinski definition) is 2. The summed E-state index contributed by atoms with van der Waals surface area (Å²) in [4.78, 5) is 29.7. The number of halogens is 2. The van der Waals surface area contributed by atoms with Gasteiger partial charge in [-0.3, -0.25) is 4.79 Å². The summed E-state index contributed by atoms with van der Waals surface area (Å²) in [6.07, 6.45) is 6.72. The largest absolute Gasteiger partial charge is 0.496 e. The number of hydrogen-bond acceptors (Lipinski definition) is 8. The Bertz CT molecular complexity index is 1830. The van der Waals surface area contributed by atoms with Gasteiger partial charge < -0.3 is 19.9 Å². The minimum Gasteiger partial charge on any atom is -0.496 e. The molecular formula is C30H27F2N7O5. The van der Waals surface area contributed by atoms with Gasteiger partial charge in [0.05, 0.1) is 38.6 Å². The highest BCUT2D eigenvalue weighted by Gasteiger charge is 2.35. The van der Waals surface area contributed by atoms with E-state index in [0.717, 1.165) is 16.8 Å². The molecule has 5 aromatic rings. The Hall–Kier alpha value is -5.63. The molecule has 0 fully saturated rings. The number of carbonyl (C=O) groups is 1. The summed E-state index contributed by atoms with van der Waals surface area (Å²) in [5.74, 6) is -1.13. The second-order valence-electron chi connectivity index (χ2n) is 9.64. The molecule has 0 aliphatic heterocycles. The molecule has 14 heteroatoms. The summed E-state index contributed by atoms with van der Waals surface area (Å²) in [6, 6.07) is 14.4. The number of rotatable bonds is 11. The second-order valence-corrected chi connectivity index (χ2v) is 9.64. The van der Waals surface area contributed by atoms with Crippen molar-refractivity contribution in [1.29, 1.82) is 0 Å². The Morgan fingerprint density at radius 3 is 2.36 bits per heavy atom. The van der Waals surface area contributed by atoms with Crippen molar-refractivity contribution in [2.45, 2.75) is 18.7 Å². The molecule has 2 N–H and O–H groups in total. The Morgan fingerprint density at radius 2 is 1.73 bits per heavy atom. The van der Waals surface area contributed by atoms with Crippen LogP contribution in [-0.2, 0) is 23.5 Å². The highest BCUT2D eigenvalue weighted by atomic mass is 19.1. The monoisotopic (exact) mass is 603 g/mol. The maximum absolute atomic E-state index is 14.8. The molecule has 3 aromatic carbocycles. The number of carbonyl (C=O) groups excluding carboxylic acids is 1. The van der Waals surface area contributed by atoms with Gasteiger partial charge in [-0.15, -0.1) is 0 Å². The van der Waals surface area contributed by atoms with Crippen LogP contribution in [0.15, 0.2) is 90.5 Å². The molecule has 12 nitrogen and oxygen atoms in total. The first kappa shape index (κ1) is 29.8. The predicted octanol–water partition coefficient (Wildman–Crippen LogP) is 3.16. The molecule has 0 saturated heterocycles. The number of aromatic nitrogens is 6. The zero-order valence-electron chi connectivity index (χ0n) is 23.6. The number of amides is 1. The fourth-order valence-electron chi connectivity index (χ4n) is 4.63. The van der Waals surface area contributed by atoms with Gasteiger partial charge in [-0.1, -0.05) is 12.1 Å². The van der Waals surface area contributed by atoms with Crippen LogP contribution in [0.1, 0.15) is 11.1 Å². The smallest absolute Gasteiger partial charge is 0.350 e. The van der Waals surface area contributed by atoms with Crippen LogP contribution in [0.5, 0.6) is 11.5 Å². The number of anilines is 1. The van der Waals surface area contributed by atoms with Gasteiger partial charge in [0.2, 0.25) is 5.91 Å². The van der Waals surface area contributed by atoms with Gasteiger partial charge >= 0.3 is 5.69 Å². The molecule has 0 spiro atoms. The van der Waals surface area contributed by atoms with Gasteiger partial charge in [0.25, 0.3) is 0 Å². The average Bonchev–Trinajstić information content (AvgIpc) is 3.65. The summed E-state index contributed by atoms with van der Waals surface area (Å²) in [5.41, 5.74) is -1.42. The van der Waals surface area contributed by atoms with Gasteiger partial charge in [0.1, 0.15) is 47.7 Å². The lowest BCUT2D eigenvalue weighted by Crippen LogP contribution is -2.41. The van der Waals surface area contributed by atoms with Gasteiger partial charge in [-0.2, -0.15) is 10.2 Å². The van der Waals surface area contributed by atoms with Crippen molar-refractivity contribution in [3.8, 4) is 17.2 Å². The van der Waals surface area contributed by atoms with E-state index in [0.29, 0.717) is 34.5 Å². The van der Waals surface area contributed by atoms with Crippen molar-refractivity contribution >= 4 is 17.7 Å². The fourth-order valence-corrected chi connectivity index (χ4v) is 4.63. The molecule has 44 heavy (non-hydrogen) atoms. The minimum atomic E-state index is -2.04. The molecule has 2 aromatic heterocycles. The number of benzene rings is 3. The van der Waals surface area contributed by atoms with Crippen molar-refractivity contribution in [3.05, 3.63) is 119 Å². The number of ether oxygens (including phenoxy) is 2. The van der Waals surface area contributed by atoms with Crippen molar-refractivity contribution < 1.29 is 28.2 Å². The van der Waals surface area contributed by atoms with Crippen molar-refractivity contribution in [3.63, 3.8) is 0 Å². The lowest BCUT2D eigenvalue weighted by Gasteiger charge is -2.28. The molecule has 0 aliphatic carbocycles. The summed E-state index contributed by atoms with van der Waals surface area (Å²) < 4.78 is 42.5. The Labute approximate surface area is 249 Å². The highest BCUT2D eigenvalue weighted by molar-refractivity contribution is 6.02. The first-order chi connectivity index (χ1) is 21.2. The lowest BCUT2D eigenvalue weighted by molar-refractivity contribution is -0.111. The zero-order chi connectivity index (χ0) is 31.3. The molecule has 0 aliphatic rings. The molecule has 226 valence electrons. The van der Waals surface area contributed by atoms with Crippen molar-refractivity contribution in [2.24, 2.45) is 0 Å². The summed E-state index contributed by atoms with van der Waals surface area (Å²) in [5, 5.41) is 22.4. The SMILES string of the molecule is COc1cccc(OC)c1/C=C/C(=O)Nc1ccc(-n2cnn(CC(O)(Cn3cncn3)c3ccc(F)cc3F)c2=O)cc1. The molecule has 2 heterocycles. The number of methoxy groups -OCH3 is 2. The van der Waals surface area contributed by atoms with Crippen LogP contribution in [0.25, 0.3) is 11.8 Å². The maximum atomic E-state index is 14.8. The van der Waals surface area contributed by atoms with E-state index in [9.17, 15) is 23.5 Å². The molecule has 0 radical (unpaired) electrons. The van der Waals surface area contributed by atoms with E-state index in [1.54, 1.807) is 48.5 Å². The van der Waals surface area contributed by atoms with Crippen LogP contribution >= 0.6 is 0 Å². The van der Waals surface area contributed by atoms with Crippen molar-refractivity contribution in [1.82, 2.24) is 29.1 Å². The van der Waals surface area contributed by atoms with Crippen molar-refractivity contribution in [2.75, 3.05) is 19.5 Å². The fraction of sp³-hybridized carbons (Fsp3) is 0.167. The predicted molar refractivity (Wildman–Crippen MR) is 155 cm³/mol. The zero-order valence-corrected chi connectivity index (χ0v) is 23.6. The third-order valence-electron chi connectivity index (χ3n) is 6.75. The van der Waals surface area contributed by atoms with E-state index in [1.165, 1.54) is 48.5 Å². The van der Waals surface area contributed by atoms with Crippen LogP contribution in [0, 0.1) is 11.6 Å². The van der Waals surface area contributed by atoms with Crippen LogP contribution in [-0.4, -0.2) is 54.3 Å². The van der Waals surface area contributed by atoms with Gasteiger partial charge in [0.15, 0.2) is 0 Å². The molecular weight excluding hydrogens is 576 g/mol. The van der Waals surface area contributed by atoms with E-state index < -0.39 is 35.4 Å². The number of nitrogens with zero attached hydrogens (tertiary/aromatic N) is 6.